The van der Waals surface area contributed by atoms with Crippen LogP contribution in [0.5, 0.6) is 0 Å². The molecule has 3 heterocycles. The third kappa shape index (κ3) is 3.28. The summed E-state index contributed by atoms with van der Waals surface area (Å²) in [4.78, 5) is 32.5. The first-order valence-electron chi connectivity index (χ1n) is 7.39. The Bertz CT molecular complexity index is 696. The highest BCUT2D eigenvalue weighted by Crippen LogP contribution is 2.19. The van der Waals surface area contributed by atoms with Crippen molar-refractivity contribution in [1.29, 1.82) is 0 Å². The van der Waals surface area contributed by atoms with Crippen molar-refractivity contribution in [2.75, 3.05) is 26.2 Å². The molecule has 2 aromatic rings. The Morgan fingerprint density at radius 1 is 1.27 bits per heavy atom. The maximum atomic E-state index is 12.2. The first-order valence-corrected chi connectivity index (χ1v) is 8.21. The third-order valence-corrected chi connectivity index (χ3v) is 5.02. The highest BCUT2D eigenvalue weighted by Gasteiger charge is 2.24. The van der Waals surface area contributed by atoms with E-state index in [9.17, 15) is 9.59 Å². The molecule has 0 saturated carbocycles. The molecule has 0 aliphatic carbocycles. The largest absolute Gasteiger partial charge is 0.341 e. The fraction of sp³-hybridized carbons (Fsp3) is 0.500. The van der Waals surface area contributed by atoms with Gasteiger partial charge >= 0.3 is 5.69 Å². The SMILES string of the molecule is CCc1ccc(CN2CCN(C(=O)c3n[nH]c(=O)[nH]3)CC2)s1. The number of carbonyl (C=O) groups excluding carboxylic acids is 1. The fourth-order valence-electron chi connectivity index (χ4n) is 2.55. The van der Waals surface area contributed by atoms with Gasteiger partial charge in [0.2, 0.25) is 5.82 Å². The molecule has 0 radical (unpaired) electrons. The number of H-pyrrole nitrogens is 2. The summed E-state index contributed by atoms with van der Waals surface area (Å²) < 4.78 is 0. The average Bonchev–Trinajstić information content (AvgIpc) is 3.16. The maximum absolute atomic E-state index is 12.2. The predicted octanol–water partition coefficient (Wildman–Crippen LogP) is 0.680. The zero-order chi connectivity index (χ0) is 15.5. The van der Waals surface area contributed by atoms with Gasteiger partial charge in [-0.3, -0.25) is 14.7 Å². The number of nitrogens with one attached hydrogen (secondary N) is 2. The van der Waals surface area contributed by atoms with Crippen LogP contribution in [0.2, 0.25) is 0 Å². The fourth-order valence-corrected chi connectivity index (χ4v) is 3.55. The molecule has 118 valence electrons. The van der Waals surface area contributed by atoms with Crippen LogP contribution in [0, 0.1) is 0 Å². The number of carbonyl (C=O) groups is 1. The van der Waals surface area contributed by atoms with E-state index in [2.05, 4.69) is 39.1 Å². The number of rotatable bonds is 4. The molecule has 0 unspecified atom stereocenters. The zero-order valence-corrected chi connectivity index (χ0v) is 13.3. The van der Waals surface area contributed by atoms with Crippen molar-refractivity contribution in [1.82, 2.24) is 25.0 Å². The molecule has 1 amide bonds. The van der Waals surface area contributed by atoms with E-state index in [1.165, 1.54) is 9.75 Å². The van der Waals surface area contributed by atoms with Crippen LogP contribution in [0.4, 0.5) is 0 Å². The number of hydrogen-bond donors (Lipinski definition) is 2. The van der Waals surface area contributed by atoms with E-state index in [0.29, 0.717) is 13.1 Å². The van der Waals surface area contributed by atoms with Crippen LogP contribution in [-0.4, -0.2) is 57.1 Å². The van der Waals surface area contributed by atoms with Gasteiger partial charge in [-0.1, -0.05) is 6.92 Å². The van der Waals surface area contributed by atoms with Crippen LogP contribution in [-0.2, 0) is 13.0 Å². The van der Waals surface area contributed by atoms with E-state index in [0.717, 1.165) is 26.1 Å². The minimum Gasteiger partial charge on any atom is -0.333 e. The number of aryl methyl sites for hydroxylation is 1. The zero-order valence-electron chi connectivity index (χ0n) is 12.5. The molecule has 2 aromatic heterocycles. The standard InChI is InChI=1S/C14H19N5O2S/c1-2-10-3-4-11(22-10)9-18-5-7-19(8-6-18)13(20)12-15-14(21)17-16-12/h3-4H,2,5-9H2,1H3,(H2,15,16,17,21). The normalized spacial score (nSPS) is 16.1. The van der Waals surface area contributed by atoms with Gasteiger partial charge in [0.05, 0.1) is 0 Å². The topological polar surface area (TPSA) is 85.1 Å². The summed E-state index contributed by atoms with van der Waals surface area (Å²) in [7, 11) is 0. The summed E-state index contributed by atoms with van der Waals surface area (Å²) in [5.74, 6) is -0.133. The second-order valence-electron chi connectivity index (χ2n) is 5.32. The summed E-state index contributed by atoms with van der Waals surface area (Å²) in [5.41, 5.74) is -0.452. The maximum Gasteiger partial charge on any atom is 0.341 e. The van der Waals surface area contributed by atoms with Crippen LogP contribution in [0.1, 0.15) is 27.3 Å². The molecule has 7 nitrogen and oxygen atoms in total. The van der Waals surface area contributed by atoms with Crippen molar-refractivity contribution < 1.29 is 4.79 Å². The average molecular weight is 321 g/mol. The highest BCUT2D eigenvalue weighted by molar-refractivity contribution is 7.11. The lowest BCUT2D eigenvalue weighted by molar-refractivity contribution is 0.0618. The number of amides is 1. The van der Waals surface area contributed by atoms with Crippen molar-refractivity contribution in [2.24, 2.45) is 0 Å². The Labute approximate surface area is 132 Å². The molecular formula is C14H19N5O2S. The summed E-state index contributed by atoms with van der Waals surface area (Å²) in [6, 6.07) is 4.38. The van der Waals surface area contributed by atoms with Crippen LogP contribution in [0.15, 0.2) is 16.9 Å². The van der Waals surface area contributed by atoms with E-state index >= 15 is 0 Å². The van der Waals surface area contributed by atoms with Gasteiger partial charge in [-0.15, -0.1) is 16.4 Å². The van der Waals surface area contributed by atoms with E-state index in [1.807, 2.05) is 11.3 Å². The second kappa shape index (κ2) is 6.45. The molecule has 22 heavy (non-hydrogen) atoms. The molecule has 2 N–H and O–H groups in total. The minimum absolute atomic E-state index is 0.0873. The molecule has 1 saturated heterocycles. The van der Waals surface area contributed by atoms with Gasteiger partial charge in [0.15, 0.2) is 0 Å². The van der Waals surface area contributed by atoms with E-state index in [4.69, 9.17) is 0 Å². The van der Waals surface area contributed by atoms with Gasteiger partial charge in [-0.2, -0.15) is 0 Å². The van der Waals surface area contributed by atoms with Crippen molar-refractivity contribution in [3.63, 3.8) is 0 Å². The van der Waals surface area contributed by atoms with Gasteiger partial charge in [-0.25, -0.2) is 9.89 Å². The van der Waals surface area contributed by atoms with Crippen molar-refractivity contribution in [3.8, 4) is 0 Å². The Kier molecular flexibility index (Phi) is 4.39. The highest BCUT2D eigenvalue weighted by atomic mass is 32.1. The Hall–Kier alpha value is -1.93. The molecule has 1 aliphatic rings. The monoisotopic (exact) mass is 321 g/mol. The van der Waals surface area contributed by atoms with E-state index < -0.39 is 5.69 Å². The number of piperazine rings is 1. The van der Waals surface area contributed by atoms with Crippen molar-refractivity contribution in [3.05, 3.63) is 38.2 Å². The Balaban J connectivity index is 1.53. The first-order chi connectivity index (χ1) is 10.7. The van der Waals surface area contributed by atoms with Gasteiger partial charge < -0.3 is 4.90 Å². The number of nitrogens with zero attached hydrogens (tertiary/aromatic N) is 3. The quantitative estimate of drug-likeness (QED) is 0.867. The molecule has 0 aromatic carbocycles. The molecule has 1 aliphatic heterocycles. The minimum atomic E-state index is -0.452. The lowest BCUT2D eigenvalue weighted by Crippen LogP contribution is -2.48. The summed E-state index contributed by atoms with van der Waals surface area (Å²) in [6.07, 6.45) is 1.08. The van der Waals surface area contributed by atoms with Gasteiger partial charge in [-0.05, 0) is 18.6 Å². The Morgan fingerprint density at radius 3 is 2.59 bits per heavy atom. The van der Waals surface area contributed by atoms with Crippen LogP contribution < -0.4 is 5.69 Å². The van der Waals surface area contributed by atoms with Crippen molar-refractivity contribution >= 4 is 17.2 Å². The van der Waals surface area contributed by atoms with Gasteiger partial charge in [0.1, 0.15) is 0 Å². The van der Waals surface area contributed by atoms with E-state index in [-0.39, 0.29) is 11.7 Å². The van der Waals surface area contributed by atoms with Crippen LogP contribution in [0.3, 0.4) is 0 Å². The van der Waals surface area contributed by atoms with Crippen LogP contribution >= 0.6 is 11.3 Å². The molecule has 0 atom stereocenters. The second-order valence-corrected chi connectivity index (χ2v) is 6.57. The predicted molar refractivity (Wildman–Crippen MR) is 84.1 cm³/mol. The lowest BCUT2D eigenvalue weighted by Gasteiger charge is -2.33. The molecular weight excluding hydrogens is 302 g/mol. The van der Waals surface area contributed by atoms with Gasteiger partial charge in [0.25, 0.3) is 5.91 Å². The number of thiophene rings is 1. The third-order valence-electron chi connectivity index (χ3n) is 3.81. The number of aromatic nitrogens is 3. The smallest absolute Gasteiger partial charge is 0.333 e. The molecule has 0 bridgehead atoms. The summed E-state index contributed by atoms with van der Waals surface area (Å²) >= 11 is 1.86. The molecule has 0 spiro atoms. The Morgan fingerprint density at radius 2 is 2.00 bits per heavy atom. The van der Waals surface area contributed by atoms with Crippen molar-refractivity contribution in [2.45, 2.75) is 19.9 Å². The lowest BCUT2D eigenvalue weighted by atomic mass is 10.3. The van der Waals surface area contributed by atoms with E-state index in [1.54, 1.807) is 4.90 Å². The number of aromatic amines is 2. The van der Waals surface area contributed by atoms with Crippen LogP contribution in [0.25, 0.3) is 0 Å². The molecule has 1 fully saturated rings. The number of hydrogen-bond acceptors (Lipinski definition) is 5. The first kappa shape index (κ1) is 15.0. The summed E-state index contributed by atoms with van der Waals surface area (Å²) in [6.45, 7) is 6.07. The molecule has 8 heteroatoms. The summed E-state index contributed by atoms with van der Waals surface area (Å²) in [5, 5.41) is 5.91. The van der Waals surface area contributed by atoms with Gasteiger partial charge in [0, 0.05) is 42.5 Å². The molecule has 3 rings (SSSR count).